The van der Waals surface area contributed by atoms with E-state index in [1.807, 2.05) is 0 Å². The van der Waals surface area contributed by atoms with Crippen molar-refractivity contribution in [2.24, 2.45) is 0 Å². The molecule has 0 bridgehead atoms. The molecular weight excluding hydrogens is 424 g/mol. The molecule has 1 aliphatic rings. The predicted octanol–water partition coefficient (Wildman–Crippen LogP) is 4.56. The molecule has 2 N–H and O–H groups in total. The summed E-state index contributed by atoms with van der Waals surface area (Å²) in [5, 5.41) is 6.07. The number of hydrogen-bond acceptors (Lipinski definition) is 5. The number of para-hydroxylation sites is 1. The van der Waals surface area contributed by atoms with Gasteiger partial charge in [-0.15, -0.1) is 0 Å². The van der Waals surface area contributed by atoms with E-state index in [9.17, 15) is 13.2 Å². The molecule has 0 saturated carbocycles. The predicted molar refractivity (Wildman–Crippen MR) is 117 cm³/mol. The van der Waals surface area contributed by atoms with Crippen molar-refractivity contribution in [1.82, 2.24) is 0 Å². The summed E-state index contributed by atoms with van der Waals surface area (Å²) in [5.41, 5.74) is 1.63. The molecule has 3 aromatic carbocycles. The fourth-order valence-corrected chi connectivity index (χ4v) is 5.15. The van der Waals surface area contributed by atoms with Gasteiger partial charge in [-0.05, 0) is 36.4 Å². The molecule has 8 heteroatoms. The number of amides is 1. The number of benzene rings is 3. The molecular formula is C22H17ClN2O4S. The Kier molecular flexibility index (Phi) is 5.24. The van der Waals surface area contributed by atoms with E-state index in [2.05, 4.69) is 10.6 Å². The maximum Gasteiger partial charge on any atom is 0.269 e. The lowest BCUT2D eigenvalue weighted by molar-refractivity contribution is -0.112. The number of carbonyl (C=O) groups excluding carboxylic acids is 1. The van der Waals surface area contributed by atoms with E-state index in [0.29, 0.717) is 27.7 Å². The molecule has 0 spiro atoms. The van der Waals surface area contributed by atoms with E-state index in [4.69, 9.17) is 16.3 Å². The van der Waals surface area contributed by atoms with E-state index in [1.54, 1.807) is 66.7 Å². The highest BCUT2D eigenvalue weighted by molar-refractivity contribution is 7.97. The summed E-state index contributed by atoms with van der Waals surface area (Å²) in [5.74, 6) is -0.239. The lowest BCUT2D eigenvalue weighted by atomic mass is 10.1. The van der Waals surface area contributed by atoms with E-state index in [1.165, 1.54) is 13.2 Å². The SMILES string of the molecule is COc1ccc(NC2=C(C(=O)Nc3ccccc3)S(=O)(=O)c3ccccc32)cc1Cl. The Labute approximate surface area is 179 Å². The third-order valence-corrected chi connectivity index (χ3v) is 6.76. The van der Waals surface area contributed by atoms with Gasteiger partial charge in [0.15, 0.2) is 4.91 Å². The summed E-state index contributed by atoms with van der Waals surface area (Å²) in [4.78, 5) is 12.8. The quantitative estimate of drug-likeness (QED) is 0.607. The Bertz CT molecular complexity index is 1270. The van der Waals surface area contributed by atoms with Crippen LogP contribution in [0.1, 0.15) is 5.56 Å². The number of carbonyl (C=O) groups is 1. The largest absolute Gasteiger partial charge is 0.495 e. The summed E-state index contributed by atoms with van der Waals surface area (Å²) in [6.45, 7) is 0. The zero-order chi connectivity index (χ0) is 21.3. The fraction of sp³-hybridized carbons (Fsp3) is 0.0455. The van der Waals surface area contributed by atoms with Crippen molar-refractivity contribution in [1.29, 1.82) is 0 Å². The second kappa shape index (κ2) is 7.85. The number of halogens is 1. The summed E-state index contributed by atoms with van der Waals surface area (Å²) in [7, 11) is -2.51. The van der Waals surface area contributed by atoms with Crippen LogP contribution in [0.25, 0.3) is 5.70 Å². The van der Waals surface area contributed by atoms with Gasteiger partial charge >= 0.3 is 0 Å². The molecule has 0 unspecified atom stereocenters. The van der Waals surface area contributed by atoms with Crippen LogP contribution in [0.4, 0.5) is 11.4 Å². The van der Waals surface area contributed by atoms with E-state index < -0.39 is 15.7 Å². The first-order chi connectivity index (χ1) is 14.4. The Morgan fingerprint density at radius 3 is 2.33 bits per heavy atom. The third-order valence-electron chi connectivity index (χ3n) is 4.60. The molecule has 1 aliphatic heterocycles. The van der Waals surface area contributed by atoms with Gasteiger partial charge in [0, 0.05) is 16.9 Å². The highest BCUT2D eigenvalue weighted by atomic mass is 35.5. The number of sulfone groups is 1. The second-order valence-corrected chi connectivity index (χ2v) is 8.76. The van der Waals surface area contributed by atoms with Crippen LogP contribution in [0, 0.1) is 0 Å². The minimum Gasteiger partial charge on any atom is -0.495 e. The number of rotatable bonds is 5. The first kappa shape index (κ1) is 20.0. The summed E-state index contributed by atoms with van der Waals surface area (Å²) in [6, 6.07) is 20.1. The number of methoxy groups -OCH3 is 1. The third kappa shape index (κ3) is 3.53. The Morgan fingerprint density at radius 1 is 0.933 bits per heavy atom. The molecule has 0 aromatic heterocycles. The number of nitrogens with one attached hydrogen (secondary N) is 2. The van der Waals surface area contributed by atoms with Crippen LogP contribution in [-0.4, -0.2) is 21.4 Å². The van der Waals surface area contributed by atoms with Gasteiger partial charge in [-0.3, -0.25) is 4.79 Å². The molecule has 1 heterocycles. The number of anilines is 2. The molecule has 6 nitrogen and oxygen atoms in total. The molecule has 1 amide bonds. The monoisotopic (exact) mass is 440 g/mol. The van der Waals surface area contributed by atoms with Gasteiger partial charge < -0.3 is 15.4 Å². The first-order valence-electron chi connectivity index (χ1n) is 8.97. The lowest BCUT2D eigenvalue weighted by Gasteiger charge is -2.12. The number of fused-ring (bicyclic) bond motifs is 1. The molecule has 0 aliphatic carbocycles. The van der Waals surface area contributed by atoms with Crippen molar-refractivity contribution in [3.05, 3.63) is 88.3 Å². The second-order valence-electron chi connectivity index (χ2n) is 6.50. The highest BCUT2D eigenvalue weighted by Crippen LogP contribution is 2.40. The minimum atomic E-state index is -4.01. The van der Waals surface area contributed by atoms with Gasteiger partial charge in [0.2, 0.25) is 9.84 Å². The Balaban J connectivity index is 1.81. The van der Waals surface area contributed by atoms with E-state index in [0.717, 1.165) is 0 Å². The molecule has 0 fully saturated rings. The van der Waals surface area contributed by atoms with Crippen LogP contribution >= 0.6 is 11.6 Å². The van der Waals surface area contributed by atoms with Crippen molar-refractivity contribution >= 4 is 44.4 Å². The number of ether oxygens (including phenoxy) is 1. The van der Waals surface area contributed by atoms with Gasteiger partial charge in [-0.25, -0.2) is 8.42 Å². The molecule has 0 atom stereocenters. The zero-order valence-corrected chi connectivity index (χ0v) is 17.4. The maximum absolute atomic E-state index is 13.2. The van der Waals surface area contributed by atoms with Gasteiger partial charge in [0.1, 0.15) is 5.75 Å². The lowest BCUT2D eigenvalue weighted by Crippen LogP contribution is -2.20. The zero-order valence-electron chi connectivity index (χ0n) is 15.8. The standard InChI is InChI=1S/C22H17ClN2O4S/c1-29-18-12-11-15(13-17(18)23)24-20-16-9-5-6-10-19(16)30(27,28)21(20)22(26)25-14-7-3-2-4-8-14/h2-13,24H,1H3,(H,25,26). The van der Waals surface area contributed by atoms with E-state index in [-0.39, 0.29) is 15.5 Å². The summed E-state index contributed by atoms with van der Waals surface area (Å²) >= 11 is 6.20. The molecule has 0 saturated heterocycles. The van der Waals surface area contributed by atoms with Crippen molar-refractivity contribution < 1.29 is 17.9 Å². The molecule has 30 heavy (non-hydrogen) atoms. The maximum atomic E-state index is 13.2. The van der Waals surface area contributed by atoms with Crippen LogP contribution in [-0.2, 0) is 14.6 Å². The summed E-state index contributed by atoms with van der Waals surface area (Å²) in [6.07, 6.45) is 0. The minimum absolute atomic E-state index is 0.0744. The van der Waals surface area contributed by atoms with Gasteiger partial charge in [-0.2, -0.15) is 0 Å². The topological polar surface area (TPSA) is 84.5 Å². The van der Waals surface area contributed by atoms with Crippen LogP contribution in [0.3, 0.4) is 0 Å². The van der Waals surface area contributed by atoms with E-state index >= 15 is 0 Å². The van der Waals surface area contributed by atoms with Crippen molar-refractivity contribution in [3.63, 3.8) is 0 Å². The van der Waals surface area contributed by atoms with Crippen LogP contribution < -0.4 is 15.4 Å². The van der Waals surface area contributed by atoms with Crippen molar-refractivity contribution in [3.8, 4) is 5.75 Å². The smallest absolute Gasteiger partial charge is 0.269 e. The average Bonchev–Trinajstić information content (AvgIpc) is 2.96. The highest BCUT2D eigenvalue weighted by Gasteiger charge is 2.40. The van der Waals surface area contributed by atoms with Crippen LogP contribution in [0.15, 0.2) is 82.6 Å². The van der Waals surface area contributed by atoms with Crippen molar-refractivity contribution in [2.45, 2.75) is 4.90 Å². The molecule has 0 radical (unpaired) electrons. The Hall–Kier alpha value is -3.29. The van der Waals surface area contributed by atoms with Gasteiger partial charge in [0.25, 0.3) is 5.91 Å². The molecule has 3 aromatic rings. The Morgan fingerprint density at radius 2 is 1.63 bits per heavy atom. The molecule has 4 rings (SSSR count). The molecule has 152 valence electrons. The van der Waals surface area contributed by atoms with Crippen molar-refractivity contribution in [2.75, 3.05) is 17.7 Å². The first-order valence-corrected chi connectivity index (χ1v) is 10.8. The fourth-order valence-electron chi connectivity index (χ4n) is 3.23. The van der Waals surface area contributed by atoms with Crippen LogP contribution in [0.2, 0.25) is 5.02 Å². The average molecular weight is 441 g/mol. The van der Waals surface area contributed by atoms with Gasteiger partial charge in [0.05, 0.1) is 22.7 Å². The van der Waals surface area contributed by atoms with Crippen LogP contribution in [0.5, 0.6) is 5.75 Å². The number of hydrogen-bond donors (Lipinski definition) is 2. The normalized spacial score (nSPS) is 14.2. The van der Waals surface area contributed by atoms with Gasteiger partial charge in [-0.1, -0.05) is 48.0 Å². The summed E-state index contributed by atoms with van der Waals surface area (Å²) < 4.78 is 31.5.